The van der Waals surface area contributed by atoms with Gasteiger partial charge in [0, 0.05) is 28.9 Å². The van der Waals surface area contributed by atoms with Crippen molar-refractivity contribution in [3.8, 4) is 0 Å². The number of Topliss-reactive ketones (excluding diaryl/α,β-unsaturated/α-hetero) is 1. The number of amides is 1. The number of ketones is 1. The summed E-state index contributed by atoms with van der Waals surface area (Å²) in [6.45, 7) is 5.88. The van der Waals surface area contributed by atoms with Crippen LogP contribution in [0.25, 0.3) is 0 Å². The van der Waals surface area contributed by atoms with E-state index in [1.165, 1.54) is 7.11 Å². The number of allylic oxidation sites excluding steroid dienone is 1. The molecule has 1 spiro atoms. The molecule has 2 aliphatic heterocycles. The molecule has 0 saturated carbocycles. The Kier molecular flexibility index (Phi) is 5.11. The number of halogens is 1. The summed E-state index contributed by atoms with van der Waals surface area (Å²) in [4.78, 5) is 42.9. The lowest BCUT2D eigenvalue weighted by atomic mass is 9.60. The van der Waals surface area contributed by atoms with Gasteiger partial charge in [0.15, 0.2) is 5.78 Å². The Balaban J connectivity index is 1.96. The highest BCUT2D eigenvalue weighted by atomic mass is 35.5. The van der Waals surface area contributed by atoms with Crippen molar-refractivity contribution in [2.75, 3.05) is 17.3 Å². The van der Waals surface area contributed by atoms with Crippen molar-refractivity contribution in [3.63, 3.8) is 0 Å². The molecule has 1 atom stereocenters. The zero-order valence-electron chi connectivity index (χ0n) is 20.0. The Morgan fingerprint density at radius 2 is 1.86 bits per heavy atom. The highest BCUT2D eigenvalue weighted by Gasteiger charge is 2.63. The van der Waals surface area contributed by atoms with E-state index in [9.17, 15) is 14.4 Å². The molecule has 1 aliphatic carbocycles. The van der Waals surface area contributed by atoms with E-state index in [4.69, 9.17) is 22.1 Å². The molecule has 5 rings (SSSR count). The average Bonchev–Trinajstić information content (AvgIpc) is 3.05. The van der Waals surface area contributed by atoms with Crippen LogP contribution in [0, 0.1) is 12.3 Å². The van der Waals surface area contributed by atoms with Crippen LogP contribution in [-0.4, -0.2) is 24.8 Å². The number of ether oxygens (including phenoxy) is 1. The minimum Gasteiger partial charge on any atom is -0.466 e. The Labute approximate surface area is 208 Å². The second-order valence-electron chi connectivity index (χ2n) is 10.1. The van der Waals surface area contributed by atoms with Gasteiger partial charge in [-0.1, -0.05) is 55.3 Å². The van der Waals surface area contributed by atoms with Crippen LogP contribution in [0.3, 0.4) is 0 Å². The lowest BCUT2D eigenvalue weighted by Gasteiger charge is -2.47. The van der Waals surface area contributed by atoms with Crippen molar-refractivity contribution < 1.29 is 19.1 Å². The third kappa shape index (κ3) is 3.14. The summed E-state index contributed by atoms with van der Waals surface area (Å²) in [5.74, 6) is -1.49. The third-order valence-electron chi connectivity index (χ3n) is 7.02. The molecule has 1 unspecified atom stereocenters. The smallest absolute Gasteiger partial charge is 0.339 e. The predicted octanol–water partition coefficient (Wildman–Crippen LogP) is 4.35. The lowest BCUT2D eigenvalue weighted by Crippen LogP contribution is -2.54. The van der Waals surface area contributed by atoms with Gasteiger partial charge in [-0.3, -0.25) is 14.5 Å². The van der Waals surface area contributed by atoms with Gasteiger partial charge in [-0.15, -0.1) is 0 Å². The Morgan fingerprint density at radius 1 is 1.14 bits per heavy atom. The summed E-state index contributed by atoms with van der Waals surface area (Å²) in [6.07, 6.45) is 0.664. The fourth-order valence-electron chi connectivity index (χ4n) is 5.66. The van der Waals surface area contributed by atoms with Crippen LogP contribution >= 0.6 is 11.6 Å². The van der Waals surface area contributed by atoms with Crippen molar-refractivity contribution in [3.05, 3.63) is 81.3 Å². The van der Waals surface area contributed by atoms with E-state index in [1.54, 1.807) is 35.2 Å². The fourth-order valence-corrected chi connectivity index (χ4v) is 5.88. The van der Waals surface area contributed by atoms with Crippen LogP contribution in [0.2, 0.25) is 5.02 Å². The number of aryl methyl sites for hydroxylation is 1. The van der Waals surface area contributed by atoms with Gasteiger partial charge in [-0.2, -0.15) is 0 Å². The molecule has 2 aromatic carbocycles. The second-order valence-corrected chi connectivity index (χ2v) is 10.5. The summed E-state index contributed by atoms with van der Waals surface area (Å²) >= 11 is 6.58. The largest absolute Gasteiger partial charge is 0.466 e. The van der Waals surface area contributed by atoms with Gasteiger partial charge in [-0.05, 0) is 37.0 Å². The number of fused-ring (bicyclic) bond motifs is 3. The van der Waals surface area contributed by atoms with Crippen LogP contribution in [-0.2, 0) is 24.5 Å². The molecule has 8 heteroatoms. The van der Waals surface area contributed by atoms with Crippen LogP contribution in [0.4, 0.5) is 11.4 Å². The predicted molar refractivity (Wildman–Crippen MR) is 134 cm³/mol. The van der Waals surface area contributed by atoms with Crippen LogP contribution < -0.4 is 16.0 Å². The number of anilines is 2. The average molecular weight is 492 g/mol. The highest BCUT2D eigenvalue weighted by Crippen LogP contribution is 2.57. The third-order valence-corrected chi connectivity index (χ3v) is 7.34. The van der Waals surface area contributed by atoms with Gasteiger partial charge in [0.05, 0.1) is 17.8 Å². The molecule has 0 bridgehead atoms. The van der Waals surface area contributed by atoms with E-state index >= 15 is 0 Å². The molecule has 7 nitrogen and oxygen atoms in total. The number of nitrogens with zero attached hydrogens (tertiary/aromatic N) is 1. The first-order valence-electron chi connectivity index (χ1n) is 11.4. The highest BCUT2D eigenvalue weighted by molar-refractivity contribution is 6.33. The van der Waals surface area contributed by atoms with Crippen molar-refractivity contribution in [1.82, 2.24) is 0 Å². The number of hydrogen-bond donors (Lipinski definition) is 2. The maximum Gasteiger partial charge on any atom is 0.339 e. The standard InChI is InChI=1S/C27H26ClN3O4/c1-14-9-10-17-15(11-14)27(25(34)30-17)21-19(12-26(2,3)13-20(21)32)31(18-8-6-5-7-16(18)28)23(29)22(27)24(33)35-4/h5-11H,12-13,29H2,1-4H3,(H,30,34). The normalized spacial score (nSPS) is 22.8. The number of carbonyl (C=O) groups is 3. The Morgan fingerprint density at radius 3 is 2.54 bits per heavy atom. The molecular formula is C27H26ClN3O4. The maximum absolute atomic E-state index is 14.0. The van der Waals surface area contributed by atoms with E-state index in [-0.39, 0.29) is 29.2 Å². The van der Waals surface area contributed by atoms with Crippen molar-refractivity contribution >= 4 is 40.6 Å². The number of carbonyl (C=O) groups excluding carboxylic acids is 3. The summed E-state index contributed by atoms with van der Waals surface area (Å²) in [6, 6.07) is 12.5. The molecule has 0 aromatic heterocycles. The van der Waals surface area contributed by atoms with Gasteiger partial charge >= 0.3 is 5.97 Å². The summed E-state index contributed by atoms with van der Waals surface area (Å²) in [5.41, 5.74) is 7.82. The van der Waals surface area contributed by atoms with Crippen LogP contribution in [0.1, 0.15) is 37.8 Å². The van der Waals surface area contributed by atoms with Gasteiger partial charge < -0.3 is 15.8 Å². The molecule has 2 heterocycles. The molecule has 2 aromatic rings. The van der Waals surface area contributed by atoms with Gasteiger partial charge in [0.1, 0.15) is 16.8 Å². The van der Waals surface area contributed by atoms with E-state index in [1.807, 2.05) is 32.9 Å². The number of methoxy groups -OCH3 is 1. The number of nitrogens with two attached hydrogens (primary N) is 1. The monoisotopic (exact) mass is 491 g/mol. The van der Waals surface area contributed by atoms with Crippen molar-refractivity contribution in [2.45, 2.75) is 39.0 Å². The van der Waals surface area contributed by atoms with Crippen LogP contribution in [0.15, 0.2) is 65.1 Å². The zero-order chi connectivity index (χ0) is 25.3. The van der Waals surface area contributed by atoms with Crippen molar-refractivity contribution in [2.24, 2.45) is 11.1 Å². The molecular weight excluding hydrogens is 466 g/mol. The van der Waals surface area contributed by atoms with E-state index in [0.29, 0.717) is 34.1 Å². The Bertz CT molecular complexity index is 1390. The number of benzene rings is 2. The van der Waals surface area contributed by atoms with Crippen LogP contribution in [0.5, 0.6) is 0 Å². The van der Waals surface area contributed by atoms with E-state index in [0.717, 1.165) is 5.56 Å². The van der Waals surface area contributed by atoms with Gasteiger partial charge in [0.25, 0.3) is 0 Å². The van der Waals surface area contributed by atoms with Crippen molar-refractivity contribution in [1.29, 1.82) is 0 Å². The number of esters is 1. The van der Waals surface area contributed by atoms with Gasteiger partial charge in [-0.25, -0.2) is 4.79 Å². The summed E-state index contributed by atoms with van der Waals surface area (Å²) in [5, 5.41) is 3.28. The zero-order valence-corrected chi connectivity index (χ0v) is 20.7. The quantitative estimate of drug-likeness (QED) is 0.606. The Hall–Kier alpha value is -3.58. The fraction of sp³-hybridized carbons (Fsp3) is 0.296. The lowest BCUT2D eigenvalue weighted by molar-refractivity contribution is -0.138. The first kappa shape index (κ1) is 23.2. The van der Waals surface area contributed by atoms with E-state index in [2.05, 4.69) is 5.32 Å². The first-order chi connectivity index (χ1) is 16.5. The molecule has 35 heavy (non-hydrogen) atoms. The number of para-hydroxylation sites is 1. The topological polar surface area (TPSA) is 102 Å². The van der Waals surface area contributed by atoms with Gasteiger partial charge in [0.2, 0.25) is 5.91 Å². The maximum atomic E-state index is 14.0. The molecule has 0 fully saturated rings. The molecule has 0 radical (unpaired) electrons. The number of nitrogens with one attached hydrogen (secondary N) is 1. The molecule has 3 aliphatic rings. The molecule has 180 valence electrons. The number of hydrogen-bond acceptors (Lipinski definition) is 6. The molecule has 1 amide bonds. The summed E-state index contributed by atoms with van der Waals surface area (Å²) < 4.78 is 5.16. The first-order valence-corrected chi connectivity index (χ1v) is 11.7. The second kappa shape index (κ2) is 7.71. The SMILES string of the molecule is COC(=O)C1=C(N)N(c2ccccc2Cl)C2=C(C(=O)CC(C)(C)C2)C12C(=O)Nc1ccc(C)cc12. The summed E-state index contributed by atoms with van der Waals surface area (Å²) in [7, 11) is 1.23. The minimum atomic E-state index is -1.72. The molecule has 3 N–H and O–H groups in total. The van der Waals surface area contributed by atoms with E-state index < -0.39 is 22.7 Å². The number of rotatable bonds is 2. The minimum absolute atomic E-state index is 0.0127. The molecule has 0 saturated heterocycles.